The molecule has 0 amide bonds. The molecule has 0 aromatic heterocycles. The summed E-state index contributed by atoms with van der Waals surface area (Å²) in [6.07, 6.45) is -1.17. The molecule has 3 nitrogen and oxygen atoms in total. The van der Waals surface area contributed by atoms with Crippen LogP contribution < -0.4 is 0 Å². The van der Waals surface area contributed by atoms with E-state index < -0.39 is 12.1 Å². The molecule has 70 valence electrons. The predicted octanol–water partition coefficient (Wildman–Crippen LogP) is 1.28. The van der Waals surface area contributed by atoms with E-state index in [-0.39, 0.29) is 6.61 Å². The van der Waals surface area contributed by atoms with Gasteiger partial charge in [0.25, 0.3) is 0 Å². The van der Waals surface area contributed by atoms with E-state index in [2.05, 4.69) is 4.74 Å². The summed E-state index contributed by atoms with van der Waals surface area (Å²) in [6.45, 7) is 1.98. The highest BCUT2D eigenvalue weighted by molar-refractivity contribution is 5.76. The normalized spacial score (nSPS) is 12.2. The van der Waals surface area contributed by atoms with E-state index in [0.717, 1.165) is 0 Å². The van der Waals surface area contributed by atoms with E-state index in [1.54, 1.807) is 31.2 Å². The highest BCUT2D eigenvalue weighted by Crippen LogP contribution is 2.13. The first kappa shape index (κ1) is 9.74. The van der Waals surface area contributed by atoms with E-state index >= 15 is 0 Å². The first-order valence-electron chi connectivity index (χ1n) is 4.15. The van der Waals surface area contributed by atoms with Crippen molar-refractivity contribution in [3.05, 3.63) is 35.9 Å². The summed E-state index contributed by atoms with van der Waals surface area (Å²) in [4.78, 5) is 11.1. The fraction of sp³-hybridized carbons (Fsp3) is 0.300. The lowest BCUT2D eigenvalue weighted by molar-refractivity contribution is -0.153. The zero-order chi connectivity index (χ0) is 9.68. The minimum Gasteiger partial charge on any atom is -0.464 e. The number of benzene rings is 1. The molecule has 1 N–H and O–H groups in total. The van der Waals surface area contributed by atoms with Crippen LogP contribution in [0, 0.1) is 0 Å². The smallest absolute Gasteiger partial charge is 0.339 e. The first-order valence-corrected chi connectivity index (χ1v) is 4.15. The van der Waals surface area contributed by atoms with Crippen molar-refractivity contribution in [1.29, 1.82) is 0 Å². The molecule has 0 aliphatic heterocycles. The Morgan fingerprint density at radius 2 is 2.08 bits per heavy atom. The third kappa shape index (κ3) is 2.56. The van der Waals surface area contributed by atoms with Gasteiger partial charge in [0, 0.05) is 0 Å². The van der Waals surface area contributed by atoms with Gasteiger partial charge >= 0.3 is 5.97 Å². The van der Waals surface area contributed by atoms with Crippen molar-refractivity contribution in [3.8, 4) is 0 Å². The maximum atomic E-state index is 11.1. The van der Waals surface area contributed by atoms with Crippen LogP contribution in [-0.2, 0) is 9.53 Å². The minimum absolute atomic E-state index is 0.280. The molecule has 3 heteroatoms. The Kier molecular flexibility index (Phi) is 3.46. The zero-order valence-corrected chi connectivity index (χ0v) is 7.43. The third-order valence-corrected chi connectivity index (χ3v) is 1.63. The molecule has 0 fully saturated rings. The van der Waals surface area contributed by atoms with Gasteiger partial charge in [-0.1, -0.05) is 30.3 Å². The van der Waals surface area contributed by atoms with Gasteiger partial charge in [-0.15, -0.1) is 0 Å². The Bertz CT molecular complexity index is 269. The molecule has 0 heterocycles. The Hall–Kier alpha value is -1.35. The molecule has 1 atom stereocenters. The quantitative estimate of drug-likeness (QED) is 0.713. The van der Waals surface area contributed by atoms with Crippen molar-refractivity contribution in [2.24, 2.45) is 0 Å². The highest BCUT2D eigenvalue weighted by Gasteiger charge is 2.17. The monoisotopic (exact) mass is 180 g/mol. The van der Waals surface area contributed by atoms with Gasteiger partial charge in [0.2, 0.25) is 0 Å². The summed E-state index contributed by atoms with van der Waals surface area (Å²) in [5, 5.41) is 9.45. The summed E-state index contributed by atoms with van der Waals surface area (Å²) in [5.74, 6) is -0.603. The fourth-order valence-electron chi connectivity index (χ4n) is 0.993. The van der Waals surface area contributed by atoms with Gasteiger partial charge in [-0.2, -0.15) is 0 Å². The average molecular weight is 180 g/mol. The van der Waals surface area contributed by atoms with Crippen LogP contribution in [0.1, 0.15) is 18.6 Å². The van der Waals surface area contributed by atoms with E-state index in [0.29, 0.717) is 5.56 Å². The molecule has 0 saturated heterocycles. The number of hydrogen-bond acceptors (Lipinski definition) is 3. The fourth-order valence-corrected chi connectivity index (χ4v) is 0.993. The lowest BCUT2D eigenvalue weighted by Crippen LogP contribution is -2.15. The maximum Gasteiger partial charge on any atom is 0.339 e. The van der Waals surface area contributed by atoms with Crippen LogP contribution in [0.2, 0.25) is 0 Å². The molecule has 0 aliphatic rings. The van der Waals surface area contributed by atoms with Crippen molar-refractivity contribution in [3.63, 3.8) is 0 Å². The summed E-state index contributed by atoms with van der Waals surface area (Å²) >= 11 is 0. The predicted molar refractivity (Wildman–Crippen MR) is 48.0 cm³/mol. The highest BCUT2D eigenvalue weighted by atomic mass is 16.5. The summed E-state index contributed by atoms with van der Waals surface area (Å²) in [6, 6.07) is 8.71. The van der Waals surface area contributed by atoms with Crippen LogP contribution in [0.3, 0.4) is 0 Å². The molecule has 0 radical (unpaired) electrons. The molecule has 1 rings (SSSR count). The Balaban J connectivity index is 2.68. The number of rotatable bonds is 3. The summed E-state index contributed by atoms with van der Waals surface area (Å²) in [7, 11) is 0. The minimum atomic E-state index is -1.17. The standard InChI is InChI=1S/C10H12O3/c1-2-13-10(12)9(11)8-6-4-3-5-7-8/h3-7,9,11H,2H2,1H3/t9-/m0/s1. The second kappa shape index (κ2) is 4.62. The van der Waals surface area contributed by atoms with Crippen molar-refractivity contribution >= 4 is 5.97 Å². The zero-order valence-electron chi connectivity index (χ0n) is 7.43. The van der Waals surface area contributed by atoms with Gasteiger partial charge in [-0.25, -0.2) is 4.79 Å². The van der Waals surface area contributed by atoms with Gasteiger partial charge < -0.3 is 9.84 Å². The molecule has 0 bridgehead atoms. The lowest BCUT2D eigenvalue weighted by atomic mass is 10.1. The van der Waals surface area contributed by atoms with Gasteiger partial charge in [-0.3, -0.25) is 0 Å². The number of carbonyl (C=O) groups excluding carboxylic acids is 1. The van der Waals surface area contributed by atoms with Gasteiger partial charge in [0.1, 0.15) is 0 Å². The van der Waals surface area contributed by atoms with E-state index in [4.69, 9.17) is 0 Å². The maximum absolute atomic E-state index is 11.1. The second-order valence-electron chi connectivity index (χ2n) is 2.57. The summed E-state index contributed by atoms with van der Waals surface area (Å²) in [5.41, 5.74) is 0.556. The third-order valence-electron chi connectivity index (χ3n) is 1.63. The molecule has 0 aliphatic carbocycles. The molecule has 1 aromatic rings. The van der Waals surface area contributed by atoms with Crippen LogP contribution in [0.25, 0.3) is 0 Å². The Morgan fingerprint density at radius 3 is 2.62 bits per heavy atom. The Labute approximate surface area is 77.0 Å². The molecule has 0 unspecified atom stereocenters. The molecule has 1 aromatic carbocycles. The average Bonchev–Trinajstić information content (AvgIpc) is 2.18. The number of carbonyl (C=O) groups is 1. The van der Waals surface area contributed by atoms with Crippen LogP contribution in [0.15, 0.2) is 30.3 Å². The van der Waals surface area contributed by atoms with E-state index in [1.807, 2.05) is 6.07 Å². The molecular weight excluding hydrogens is 168 g/mol. The van der Waals surface area contributed by atoms with Crippen molar-refractivity contribution < 1.29 is 14.6 Å². The van der Waals surface area contributed by atoms with Crippen LogP contribution >= 0.6 is 0 Å². The number of aliphatic hydroxyl groups is 1. The SMILES string of the molecule is CCOC(=O)[C@@H](O)c1ccccc1. The number of ether oxygens (including phenoxy) is 1. The van der Waals surface area contributed by atoms with Crippen molar-refractivity contribution in [1.82, 2.24) is 0 Å². The van der Waals surface area contributed by atoms with Gasteiger partial charge in [0.05, 0.1) is 6.61 Å². The topological polar surface area (TPSA) is 46.5 Å². The van der Waals surface area contributed by atoms with Crippen LogP contribution in [-0.4, -0.2) is 17.7 Å². The second-order valence-corrected chi connectivity index (χ2v) is 2.57. The van der Waals surface area contributed by atoms with Crippen LogP contribution in [0.4, 0.5) is 0 Å². The number of aliphatic hydroxyl groups excluding tert-OH is 1. The van der Waals surface area contributed by atoms with Crippen LogP contribution in [0.5, 0.6) is 0 Å². The number of esters is 1. The molecule has 0 spiro atoms. The Morgan fingerprint density at radius 1 is 1.46 bits per heavy atom. The lowest BCUT2D eigenvalue weighted by Gasteiger charge is -2.08. The van der Waals surface area contributed by atoms with Crippen molar-refractivity contribution in [2.75, 3.05) is 6.61 Å². The van der Waals surface area contributed by atoms with Gasteiger partial charge in [-0.05, 0) is 12.5 Å². The van der Waals surface area contributed by atoms with E-state index in [9.17, 15) is 9.90 Å². The van der Waals surface area contributed by atoms with Crippen molar-refractivity contribution in [2.45, 2.75) is 13.0 Å². The number of hydrogen-bond donors (Lipinski definition) is 1. The largest absolute Gasteiger partial charge is 0.464 e. The van der Waals surface area contributed by atoms with Gasteiger partial charge in [0.15, 0.2) is 6.10 Å². The summed E-state index contributed by atoms with van der Waals surface area (Å²) < 4.78 is 4.67. The first-order chi connectivity index (χ1) is 6.25. The molecule has 13 heavy (non-hydrogen) atoms. The van der Waals surface area contributed by atoms with E-state index in [1.165, 1.54) is 0 Å². The molecular formula is C10H12O3. The molecule has 0 saturated carbocycles.